The van der Waals surface area contributed by atoms with E-state index in [0.29, 0.717) is 55.6 Å². The van der Waals surface area contributed by atoms with Gasteiger partial charge in [0.1, 0.15) is 5.75 Å². The Hall–Kier alpha value is -3.35. The Morgan fingerprint density at radius 1 is 0.903 bits per heavy atom. The molecule has 0 aromatic heterocycles. The van der Waals surface area contributed by atoms with Crippen molar-refractivity contribution in [1.82, 2.24) is 10.6 Å². The van der Waals surface area contributed by atoms with Crippen LogP contribution in [0.15, 0.2) is 48.5 Å². The molecule has 2 amide bonds. The second kappa shape index (κ2) is 10.6. The highest BCUT2D eigenvalue weighted by molar-refractivity contribution is 5.95. The summed E-state index contributed by atoms with van der Waals surface area (Å²) in [6.07, 6.45) is 2.69. The maximum absolute atomic E-state index is 12.3. The van der Waals surface area contributed by atoms with Gasteiger partial charge in [0, 0.05) is 24.2 Å². The molecule has 164 valence electrons. The number of hydrogen-bond acceptors (Lipinski definition) is 4. The highest BCUT2D eigenvalue weighted by Crippen LogP contribution is 2.28. The van der Waals surface area contributed by atoms with Gasteiger partial charge in [-0.15, -0.1) is 0 Å². The van der Waals surface area contributed by atoms with Crippen molar-refractivity contribution >= 4 is 17.8 Å². The number of carbonyl (C=O) groups is 3. The molecular formula is C24H28N2O5. The van der Waals surface area contributed by atoms with Gasteiger partial charge in [0.15, 0.2) is 0 Å². The largest absolute Gasteiger partial charge is 0.490 e. The Balaban J connectivity index is 1.39. The molecule has 0 atom stereocenters. The molecular weight excluding hydrogens is 396 g/mol. The third-order valence-electron chi connectivity index (χ3n) is 5.42. The normalized spacial score (nSPS) is 18.1. The summed E-state index contributed by atoms with van der Waals surface area (Å²) in [4.78, 5) is 35.4. The van der Waals surface area contributed by atoms with E-state index in [1.54, 1.807) is 30.3 Å². The zero-order valence-corrected chi connectivity index (χ0v) is 17.6. The van der Waals surface area contributed by atoms with Gasteiger partial charge in [0.25, 0.3) is 11.8 Å². The van der Waals surface area contributed by atoms with Gasteiger partial charge in [0.2, 0.25) is 0 Å². The lowest BCUT2D eigenvalue weighted by atomic mass is 9.87. The number of hydrogen-bond donors (Lipinski definition) is 3. The van der Waals surface area contributed by atoms with Gasteiger partial charge in [0.05, 0.1) is 12.0 Å². The minimum Gasteiger partial charge on any atom is -0.490 e. The molecule has 1 aliphatic carbocycles. The second-order valence-corrected chi connectivity index (χ2v) is 7.84. The van der Waals surface area contributed by atoms with E-state index in [1.807, 2.05) is 25.1 Å². The summed E-state index contributed by atoms with van der Waals surface area (Å²) in [6, 6.07) is 14.2. The van der Waals surface area contributed by atoms with Crippen LogP contribution in [-0.2, 0) is 4.79 Å². The minimum atomic E-state index is -0.733. The van der Waals surface area contributed by atoms with Crippen LogP contribution < -0.4 is 15.4 Å². The fraction of sp³-hybridized carbons (Fsp3) is 0.375. The number of nitrogens with one attached hydrogen (secondary N) is 2. The first-order chi connectivity index (χ1) is 14.9. The Kier molecular flexibility index (Phi) is 7.65. The summed E-state index contributed by atoms with van der Waals surface area (Å²) < 4.78 is 5.92. The number of rotatable bonds is 8. The average Bonchev–Trinajstić information content (AvgIpc) is 2.77. The molecule has 31 heavy (non-hydrogen) atoms. The fourth-order valence-electron chi connectivity index (χ4n) is 3.65. The first-order valence-electron chi connectivity index (χ1n) is 10.5. The third kappa shape index (κ3) is 6.57. The molecule has 0 bridgehead atoms. The SMILES string of the molecule is Cc1cccc(C(=O)NCCNC(=O)c2ccc(OC3CCC(C(=O)O)CC3)cc2)c1. The smallest absolute Gasteiger partial charge is 0.306 e. The first-order valence-corrected chi connectivity index (χ1v) is 10.5. The van der Waals surface area contributed by atoms with Crippen molar-refractivity contribution in [3.05, 3.63) is 65.2 Å². The molecule has 7 heteroatoms. The van der Waals surface area contributed by atoms with Crippen molar-refractivity contribution in [3.63, 3.8) is 0 Å². The van der Waals surface area contributed by atoms with Gasteiger partial charge < -0.3 is 20.5 Å². The number of ether oxygens (including phenoxy) is 1. The maximum Gasteiger partial charge on any atom is 0.306 e. The van der Waals surface area contributed by atoms with Crippen LogP contribution in [0.5, 0.6) is 5.75 Å². The van der Waals surface area contributed by atoms with Gasteiger partial charge in [-0.2, -0.15) is 0 Å². The number of carbonyl (C=O) groups excluding carboxylic acids is 2. The molecule has 3 N–H and O–H groups in total. The monoisotopic (exact) mass is 424 g/mol. The standard InChI is InChI=1S/C24H28N2O5/c1-16-3-2-4-19(15-16)23(28)26-14-13-25-22(27)17-5-9-20(10-6-17)31-21-11-7-18(8-12-21)24(29)30/h2-6,9-10,15,18,21H,7-8,11-14H2,1H3,(H,25,27)(H,26,28)(H,29,30). The summed E-state index contributed by atoms with van der Waals surface area (Å²) in [5.41, 5.74) is 2.12. The van der Waals surface area contributed by atoms with Crippen LogP contribution in [-0.4, -0.2) is 42.1 Å². The summed E-state index contributed by atoms with van der Waals surface area (Å²) >= 11 is 0. The summed E-state index contributed by atoms with van der Waals surface area (Å²) in [5, 5.41) is 14.6. The lowest BCUT2D eigenvalue weighted by molar-refractivity contribution is -0.143. The molecule has 0 aliphatic heterocycles. The molecule has 0 saturated heterocycles. The van der Waals surface area contributed by atoms with Crippen LogP contribution in [0.25, 0.3) is 0 Å². The van der Waals surface area contributed by atoms with E-state index in [1.165, 1.54) is 0 Å². The summed E-state index contributed by atoms with van der Waals surface area (Å²) in [5.74, 6) is -0.730. The van der Waals surface area contributed by atoms with Gasteiger partial charge in [-0.25, -0.2) is 0 Å². The predicted octanol–water partition coefficient (Wildman–Crippen LogP) is 3.18. The molecule has 2 aromatic carbocycles. The third-order valence-corrected chi connectivity index (χ3v) is 5.42. The second-order valence-electron chi connectivity index (χ2n) is 7.84. The Bertz CT molecular complexity index is 918. The van der Waals surface area contributed by atoms with Gasteiger partial charge in [-0.3, -0.25) is 14.4 Å². The highest BCUT2D eigenvalue weighted by atomic mass is 16.5. The van der Waals surface area contributed by atoms with E-state index < -0.39 is 5.97 Å². The van der Waals surface area contributed by atoms with E-state index >= 15 is 0 Å². The highest BCUT2D eigenvalue weighted by Gasteiger charge is 2.26. The molecule has 1 aliphatic rings. The molecule has 2 aromatic rings. The fourth-order valence-corrected chi connectivity index (χ4v) is 3.65. The predicted molar refractivity (Wildman–Crippen MR) is 116 cm³/mol. The van der Waals surface area contributed by atoms with E-state index in [9.17, 15) is 14.4 Å². The van der Waals surface area contributed by atoms with E-state index in [2.05, 4.69) is 10.6 Å². The van der Waals surface area contributed by atoms with E-state index in [0.717, 1.165) is 5.56 Å². The molecule has 0 spiro atoms. The van der Waals surface area contributed by atoms with Crippen LogP contribution in [0.1, 0.15) is 52.0 Å². The Morgan fingerprint density at radius 3 is 2.10 bits per heavy atom. The van der Waals surface area contributed by atoms with Crippen molar-refractivity contribution < 1.29 is 24.2 Å². The zero-order valence-electron chi connectivity index (χ0n) is 17.6. The minimum absolute atomic E-state index is 0.00675. The van der Waals surface area contributed by atoms with Crippen LogP contribution in [0.3, 0.4) is 0 Å². The maximum atomic E-state index is 12.3. The van der Waals surface area contributed by atoms with Crippen molar-refractivity contribution in [2.75, 3.05) is 13.1 Å². The van der Waals surface area contributed by atoms with Crippen LogP contribution >= 0.6 is 0 Å². The number of aliphatic carboxylic acids is 1. The average molecular weight is 424 g/mol. The number of amides is 2. The van der Waals surface area contributed by atoms with E-state index in [-0.39, 0.29) is 23.8 Å². The van der Waals surface area contributed by atoms with Crippen molar-refractivity contribution in [2.24, 2.45) is 5.92 Å². The van der Waals surface area contributed by atoms with Crippen LogP contribution in [0, 0.1) is 12.8 Å². The Morgan fingerprint density at radius 2 is 1.52 bits per heavy atom. The zero-order chi connectivity index (χ0) is 22.2. The quantitative estimate of drug-likeness (QED) is 0.565. The Labute approximate surface area is 181 Å². The summed E-state index contributed by atoms with van der Waals surface area (Å²) in [6.45, 7) is 2.58. The van der Waals surface area contributed by atoms with Crippen molar-refractivity contribution in [1.29, 1.82) is 0 Å². The van der Waals surface area contributed by atoms with Crippen molar-refractivity contribution in [2.45, 2.75) is 38.7 Å². The van der Waals surface area contributed by atoms with Gasteiger partial charge >= 0.3 is 5.97 Å². The molecule has 1 saturated carbocycles. The lowest BCUT2D eigenvalue weighted by Gasteiger charge is -2.26. The topological polar surface area (TPSA) is 105 Å². The van der Waals surface area contributed by atoms with Crippen molar-refractivity contribution in [3.8, 4) is 5.75 Å². The molecule has 1 fully saturated rings. The first kappa shape index (κ1) is 22.3. The van der Waals surface area contributed by atoms with Gasteiger partial charge in [-0.1, -0.05) is 17.7 Å². The van der Waals surface area contributed by atoms with Gasteiger partial charge in [-0.05, 0) is 69.0 Å². The number of carboxylic acid groups (broad SMARTS) is 1. The molecule has 7 nitrogen and oxygen atoms in total. The number of aryl methyl sites for hydroxylation is 1. The molecule has 0 heterocycles. The van der Waals surface area contributed by atoms with Crippen LogP contribution in [0.2, 0.25) is 0 Å². The number of carboxylic acids is 1. The van der Waals surface area contributed by atoms with E-state index in [4.69, 9.17) is 9.84 Å². The summed E-state index contributed by atoms with van der Waals surface area (Å²) in [7, 11) is 0. The molecule has 3 rings (SSSR count). The lowest BCUT2D eigenvalue weighted by Crippen LogP contribution is -2.34. The molecule has 0 unspecified atom stereocenters. The number of benzene rings is 2. The molecule has 0 radical (unpaired) electrons. The van der Waals surface area contributed by atoms with Crippen LogP contribution in [0.4, 0.5) is 0 Å².